The van der Waals surface area contributed by atoms with Gasteiger partial charge >= 0.3 is 0 Å². The third-order valence-electron chi connectivity index (χ3n) is 2.16. The highest BCUT2D eigenvalue weighted by molar-refractivity contribution is 7.99. The maximum Gasteiger partial charge on any atom is 0.0300 e. The molecular formula is C12H21NS2. The van der Waals surface area contributed by atoms with Crippen molar-refractivity contribution in [1.82, 2.24) is 5.32 Å². The predicted molar refractivity (Wildman–Crippen MR) is 73.0 cm³/mol. The summed E-state index contributed by atoms with van der Waals surface area (Å²) in [5.74, 6) is 2.56. The molecule has 0 unspecified atom stereocenters. The third kappa shape index (κ3) is 6.23. The van der Waals surface area contributed by atoms with Gasteiger partial charge in [-0.15, -0.1) is 11.3 Å². The highest BCUT2D eigenvalue weighted by Crippen LogP contribution is 2.14. The summed E-state index contributed by atoms with van der Waals surface area (Å²) >= 11 is 3.95. The van der Waals surface area contributed by atoms with Gasteiger partial charge in [-0.05, 0) is 31.2 Å². The minimum absolute atomic E-state index is 1.03. The molecule has 0 aliphatic rings. The minimum atomic E-state index is 1.03. The van der Waals surface area contributed by atoms with Crippen LogP contribution in [0.2, 0.25) is 0 Å². The molecular weight excluding hydrogens is 222 g/mol. The van der Waals surface area contributed by atoms with Crippen LogP contribution in [0.3, 0.4) is 0 Å². The Hall–Kier alpha value is 0.01000. The third-order valence-corrected chi connectivity index (χ3v) is 4.23. The first-order valence-corrected chi connectivity index (χ1v) is 7.64. The lowest BCUT2D eigenvalue weighted by Gasteiger charge is -2.02. The van der Waals surface area contributed by atoms with E-state index in [4.69, 9.17) is 0 Å². The molecule has 1 aromatic rings. The standard InChI is InChI=1S/C12H21NS2/c1-3-4-8-14-9-7-13-10-12-6-5-11(2)15-12/h5-6,13H,3-4,7-10H2,1-2H3. The van der Waals surface area contributed by atoms with Crippen LogP contribution < -0.4 is 5.32 Å². The van der Waals surface area contributed by atoms with Gasteiger partial charge in [0.2, 0.25) is 0 Å². The lowest BCUT2D eigenvalue weighted by Crippen LogP contribution is -2.15. The molecule has 0 saturated carbocycles. The smallest absolute Gasteiger partial charge is 0.0300 e. The van der Waals surface area contributed by atoms with E-state index >= 15 is 0 Å². The number of nitrogens with one attached hydrogen (secondary N) is 1. The van der Waals surface area contributed by atoms with Crippen LogP contribution >= 0.6 is 23.1 Å². The molecule has 1 aromatic heterocycles. The zero-order valence-corrected chi connectivity index (χ0v) is 11.3. The number of unbranched alkanes of at least 4 members (excludes halogenated alkanes) is 1. The maximum atomic E-state index is 3.48. The summed E-state index contributed by atoms with van der Waals surface area (Å²) in [5, 5.41) is 3.48. The molecule has 0 spiro atoms. The molecule has 3 heteroatoms. The van der Waals surface area contributed by atoms with Crippen molar-refractivity contribution < 1.29 is 0 Å². The van der Waals surface area contributed by atoms with Crippen molar-refractivity contribution >= 4 is 23.1 Å². The van der Waals surface area contributed by atoms with Crippen LogP contribution in [-0.4, -0.2) is 18.1 Å². The first-order valence-electron chi connectivity index (χ1n) is 5.66. The van der Waals surface area contributed by atoms with Crippen LogP contribution in [0.15, 0.2) is 12.1 Å². The summed E-state index contributed by atoms with van der Waals surface area (Å²) < 4.78 is 0. The summed E-state index contributed by atoms with van der Waals surface area (Å²) in [6.45, 7) is 6.57. The average Bonchev–Trinajstić information content (AvgIpc) is 2.63. The highest BCUT2D eigenvalue weighted by atomic mass is 32.2. The lowest BCUT2D eigenvalue weighted by atomic mass is 10.4. The molecule has 0 atom stereocenters. The molecule has 1 heterocycles. The van der Waals surface area contributed by atoms with Gasteiger partial charge in [-0.3, -0.25) is 0 Å². The Kier molecular flexibility index (Phi) is 7.14. The van der Waals surface area contributed by atoms with Gasteiger partial charge < -0.3 is 5.32 Å². The second kappa shape index (κ2) is 8.20. The van der Waals surface area contributed by atoms with Crippen molar-refractivity contribution in [2.75, 3.05) is 18.1 Å². The van der Waals surface area contributed by atoms with Crippen molar-refractivity contribution in [3.05, 3.63) is 21.9 Å². The Labute approximate surface area is 102 Å². The van der Waals surface area contributed by atoms with E-state index < -0.39 is 0 Å². The average molecular weight is 243 g/mol. The van der Waals surface area contributed by atoms with E-state index in [1.807, 2.05) is 11.3 Å². The molecule has 0 fully saturated rings. The van der Waals surface area contributed by atoms with E-state index in [1.165, 1.54) is 34.1 Å². The molecule has 15 heavy (non-hydrogen) atoms. The van der Waals surface area contributed by atoms with Crippen molar-refractivity contribution in [2.24, 2.45) is 0 Å². The summed E-state index contributed by atoms with van der Waals surface area (Å²) in [5.41, 5.74) is 0. The van der Waals surface area contributed by atoms with Crippen molar-refractivity contribution in [1.29, 1.82) is 0 Å². The fraction of sp³-hybridized carbons (Fsp3) is 0.667. The van der Waals surface area contributed by atoms with Gasteiger partial charge in [0.25, 0.3) is 0 Å². The highest BCUT2D eigenvalue weighted by Gasteiger charge is 1.95. The molecule has 0 aliphatic carbocycles. The molecule has 0 amide bonds. The van der Waals surface area contributed by atoms with Gasteiger partial charge in [0.05, 0.1) is 0 Å². The first-order chi connectivity index (χ1) is 7.33. The van der Waals surface area contributed by atoms with Crippen LogP contribution in [0.4, 0.5) is 0 Å². The predicted octanol–water partition coefficient (Wildman–Crippen LogP) is 3.68. The number of hydrogen-bond acceptors (Lipinski definition) is 3. The molecule has 0 aliphatic heterocycles. The van der Waals surface area contributed by atoms with E-state index in [1.54, 1.807) is 0 Å². The molecule has 0 bridgehead atoms. The molecule has 86 valence electrons. The summed E-state index contributed by atoms with van der Waals surface area (Å²) in [7, 11) is 0. The van der Waals surface area contributed by atoms with E-state index in [2.05, 4.69) is 43.1 Å². The number of hydrogen-bond donors (Lipinski definition) is 1. The molecule has 1 N–H and O–H groups in total. The topological polar surface area (TPSA) is 12.0 Å². The van der Waals surface area contributed by atoms with Crippen molar-refractivity contribution in [2.45, 2.75) is 33.2 Å². The molecule has 0 saturated heterocycles. The molecule has 0 aromatic carbocycles. The Balaban J connectivity index is 1.93. The second-order valence-corrected chi connectivity index (χ2v) is 6.25. The van der Waals surface area contributed by atoms with Crippen molar-refractivity contribution in [3.63, 3.8) is 0 Å². The number of rotatable bonds is 8. The Morgan fingerprint density at radius 3 is 2.87 bits per heavy atom. The molecule has 1 rings (SSSR count). The minimum Gasteiger partial charge on any atom is -0.311 e. The maximum absolute atomic E-state index is 3.48. The summed E-state index contributed by atoms with van der Waals surface area (Å²) in [4.78, 5) is 2.86. The fourth-order valence-electron chi connectivity index (χ4n) is 1.28. The van der Waals surface area contributed by atoms with Gasteiger partial charge in [0.1, 0.15) is 0 Å². The van der Waals surface area contributed by atoms with Gasteiger partial charge in [-0.25, -0.2) is 0 Å². The fourth-order valence-corrected chi connectivity index (χ4v) is 3.13. The SMILES string of the molecule is CCCCSCCNCc1ccc(C)s1. The quantitative estimate of drug-likeness (QED) is 0.699. The van der Waals surface area contributed by atoms with Gasteiger partial charge in [-0.1, -0.05) is 13.3 Å². The van der Waals surface area contributed by atoms with Gasteiger partial charge in [0, 0.05) is 28.6 Å². The normalized spacial score (nSPS) is 10.8. The van der Waals surface area contributed by atoms with Crippen LogP contribution in [0.5, 0.6) is 0 Å². The van der Waals surface area contributed by atoms with Crippen LogP contribution in [-0.2, 0) is 6.54 Å². The van der Waals surface area contributed by atoms with Gasteiger partial charge in [-0.2, -0.15) is 11.8 Å². The zero-order valence-electron chi connectivity index (χ0n) is 9.71. The number of thioether (sulfide) groups is 1. The first kappa shape index (κ1) is 13.1. The lowest BCUT2D eigenvalue weighted by molar-refractivity contribution is 0.740. The van der Waals surface area contributed by atoms with Gasteiger partial charge in [0.15, 0.2) is 0 Å². The van der Waals surface area contributed by atoms with Crippen LogP contribution in [0.1, 0.15) is 29.5 Å². The summed E-state index contributed by atoms with van der Waals surface area (Å²) in [6, 6.07) is 4.41. The monoisotopic (exact) mass is 243 g/mol. The number of thiophene rings is 1. The van der Waals surface area contributed by atoms with Crippen LogP contribution in [0, 0.1) is 6.92 Å². The van der Waals surface area contributed by atoms with Crippen LogP contribution in [0.25, 0.3) is 0 Å². The Morgan fingerprint density at radius 2 is 2.20 bits per heavy atom. The Bertz CT molecular complexity index is 258. The summed E-state index contributed by atoms with van der Waals surface area (Å²) in [6.07, 6.45) is 2.67. The van der Waals surface area contributed by atoms with E-state index in [0.29, 0.717) is 0 Å². The molecule has 0 radical (unpaired) electrons. The van der Waals surface area contributed by atoms with E-state index in [9.17, 15) is 0 Å². The molecule has 1 nitrogen and oxygen atoms in total. The zero-order chi connectivity index (χ0) is 10.9. The van der Waals surface area contributed by atoms with Crippen molar-refractivity contribution in [3.8, 4) is 0 Å². The number of aryl methyl sites for hydroxylation is 1. The van der Waals surface area contributed by atoms with E-state index in [0.717, 1.165) is 13.1 Å². The largest absolute Gasteiger partial charge is 0.311 e. The second-order valence-electron chi connectivity index (χ2n) is 3.66. The van der Waals surface area contributed by atoms with E-state index in [-0.39, 0.29) is 0 Å². The Morgan fingerprint density at radius 1 is 1.33 bits per heavy atom.